The molecule has 1 N–H and O–H groups in total. The number of carbonyl (C=O) groups excluding carboxylic acids is 1. The Morgan fingerprint density at radius 1 is 1.00 bits per heavy atom. The average molecular weight is 338 g/mol. The van der Waals surface area contributed by atoms with Crippen LogP contribution in [-0.2, 0) is 4.79 Å². The Hall–Kier alpha value is -2.82. The second-order valence-corrected chi connectivity index (χ2v) is 6.32. The summed E-state index contributed by atoms with van der Waals surface area (Å²) < 4.78 is 0. The van der Waals surface area contributed by atoms with Gasteiger partial charge >= 0.3 is 5.97 Å². The fraction of sp³-hybridized carbons (Fsp3) is 0.300. The third-order valence-electron chi connectivity index (χ3n) is 4.77. The van der Waals surface area contributed by atoms with Crippen LogP contribution in [0.25, 0.3) is 0 Å². The summed E-state index contributed by atoms with van der Waals surface area (Å²) in [6.07, 6.45) is 1.02. The highest BCUT2D eigenvalue weighted by molar-refractivity contribution is 6.00. The first-order valence-electron chi connectivity index (χ1n) is 8.48. The molecular weight excluding hydrogens is 316 g/mol. The molecule has 0 saturated carbocycles. The minimum Gasteiger partial charge on any atom is -0.481 e. The van der Waals surface area contributed by atoms with Crippen molar-refractivity contribution in [1.82, 2.24) is 4.90 Å². The predicted molar refractivity (Wildman–Crippen MR) is 97.2 cm³/mol. The molecule has 0 aromatic heterocycles. The van der Waals surface area contributed by atoms with Gasteiger partial charge in [0.15, 0.2) is 0 Å². The van der Waals surface area contributed by atoms with Gasteiger partial charge < -0.3 is 14.9 Å². The molecule has 2 aromatic carbocycles. The lowest BCUT2D eigenvalue weighted by molar-refractivity contribution is -0.143. The third-order valence-corrected chi connectivity index (χ3v) is 4.77. The summed E-state index contributed by atoms with van der Waals surface area (Å²) in [5.74, 6) is -1.15. The maximum absolute atomic E-state index is 13.0. The number of hydrogen-bond donors (Lipinski definition) is 1. The van der Waals surface area contributed by atoms with Gasteiger partial charge in [-0.1, -0.05) is 30.3 Å². The van der Waals surface area contributed by atoms with Gasteiger partial charge in [-0.2, -0.15) is 0 Å². The van der Waals surface area contributed by atoms with E-state index in [0.29, 0.717) is 31.5 Å². The van der Waals surface area contributed by atoms with E-state index < -0.39 is 5.97 Å². The maximum Gasteiger partial charge on any atom is 0.306 e. The van der Waals surface area contributed by atoms with Crippen molar-refractivity contribution in [2.75, 3.05) is 25.0 Å². The number of likely N-dealkylation sites (tertiary alicyclic amines) is 1. The van der Waals surface area contributed by atoms with E-state index in [1.165, 1.54) is 0 Å². The molecule has 0 unspecified atom stereocenters. The molecule has 2 aromatic rings. The molecule has 130 valence electrons. The van der Waals surface area contributed by atoms with E-state index in [1.807, 2.05) is 66.5 Å². The zero-order valence-electron chi connectivity index (χ0n) is 14.3. The first-order valence-corrected chi connectivity index (χ1v) is 8.48. The second-order valence-electron chi connectivity index (χ2n) is 6.32. The molecule has 1 fully saturated rings. The number of benzene rings is 2. The van der Waals surface area contributed by atoms with Crippen LogP contribution in [0.5, 0.6) is 0 Å². The van der Waals surface area contributed by atoms with Gasteiger partial charge in [0.1, 0.15) is 0 Å². The van der Waals surface area contributed by atoms with E-state index in [4.69, 9.17) is 5.11 Å². The Labute approximate surface area is 147 Å². The van der Waals surface area contributed by atoms with Gasteiger partial charge in [-0.3, -0.25) is 9.59 Å². The highest BCUT2D eigenvalue weighted by Crippen LogP contribution is 2.29. The van der Waals surface area contributed by atoms with Crippen molar-refractivity contribution < 1.29 is 14.7 Å². The molecule has 0 atom stereocenters. The Morgan fingerprint density at radius 3 is 2.24 bits per heavy atom. The predicted octanol–water partition coefficient (Wildman–Crippen LogP) is 3.39. The number of piperidine rings is 1. The van der Waals surface area contributed by atoms with Gasteiger partial charge in [0.25, 0.3) is 5.91 Å². The first kappa shape index (κ1) is 17.0. The molecule has 1 heterocycles. The van der Waals surface area contributed by atoms with Crippen molar-refractivity contribution in [3.63, 3.8) is 0 Å². The lowest BCUT2D eigenvalue weighted by atomic mass is 9.96. The maximum atomic E-state index is 13.0. The number of aliphatic carboxylic acids is 1. The lowest BCUT2D eigenvalue weighted by Crippen LogP contribution is -2.40. The van der Waals surface area contributed by atoms with Gasteiger partial charge in [0, 0.05) is 25.8 Å². The number of anilines is 2. The van der Waals surface area contributed by atoms with Crippen LogP contribution in [0.4, 0.5) is 11.4 Å². The molecule has 1 aliphatic rings. The number of hydrogen-bond acceptors (Lipinski definition) is 3. The zero-order chi connectivity index (χ0) is 17.8. The molecule has 25 heavy (non-hydrogen) atoms. The van der Waals surface area contributed by atoms with Crippen LogP contribution >= 0.6 is 0 Å². The van der Waals surface area contributed by atoms with Crippen LogP contribution in [0.3, 0.4) is 0 Å². The fourth-order valence-corrected chi connectivity index (χ4v) is 3.24. The molecule has 0 radical (unpaired) electrons. The van der Waals surface area contributed by atoms with Crippen molar-refractivity contribution >= 4 is 23.3 Å². The zero-order valence-corrected chi connectivity index (χ0v) is 14.3. The normalized spacial score (nSPS) is 15.0. The summed E-state index contributed by atoms with van der Waals surface area (Å²) in [5, 5.41) is 9.11. The third kappa shape index (κ3) is 3.65. The summed E-state index contributed by atoms with van der Waals surface area (Å²) in [6, 6.07) is 17.4. The second kappa shape index (κ2) is 7.38. The van der Waals surface area contributed by atoms with Crippen molar-refractivity contribution in [3.05, 3.63) is 60.2 Å². The molecule has 1 aliphatic heterocycles. The minimum atomic E-state index is -0.767. The minimum absolute atomic E-state index is 0.0396. The van der Waals surface area contributed by atoms with Crippen LogP contribution in [0.15, 0.2) is 54.6 Å². The monoisotopic (exact) mass is 338 g/mol. The molecular formula is C20H22N2O3. The topological polar surface area (TPSA) is 60.9 Å². The standard InChI is InChI=1S/C20H22N2O3/c1-21(16-7-3-2-4-8-16)18-10-6-5-9-17(18)19(23)22-13-11-15(12-14-22)20(24)25/h2-10,15H,11-14H2,1H3,(H,24,25). The van der Waals surface area contributed by atoms with Gasteiger partial charge in [-0.15, -0.1) is 0 Å². The molecule has 0 spiro atoms. The summed E-state index contributed by atoms with van der Waals surface area (Å²) in [7, 11) is 1.94. The number of carboxylic acid groups (broad SMARTS) is 1. The highest BCUT2D eigenvalue weighted by Gasteiger charge is 2.28. The summed E-state index contributed by atoms with van der Waals surface area (Å²) in [4.78, 5) is 27.8. The Balaban J connectivity index is 1.81. The van der Waals surface area contributed by atoms with Crippen LogP contribution in [0.2, 0.25) is 0 Å². The van der Waals surface area contributed by atoms with Crippen molar-refractivity contribution in [2.24, 2.45) is 5.92 Å². The van der Waals surface area contributed by atoms with Gasteiger partial charge in [-0.25, -0.2) is 0 Å². The summed E-state index contributed by atoms with van der Waals surface area (Å²) in [6.45, 7) is 0.971. The van der Waals surface area contributed by atoms with Crippen LogP contribution in [0, 0.1) is 5.92 Å². The number of carbonyl (C=O) groups is 2. The molecule has 5 nitrogen and oxygen atoms in total. The van der Waals surface area contributed by atoms with E-state index in [2.05, 4.69) is 0 Å². The van der Waals surface area contributed by atoms with Gasteiger partial charge in [0.2, 0.25) is 0 Å². The Kier molecular flexibility index (Phi) is 5.03. The lowest BCUT2D eigenvalue weighted by Gasteiger charge is -2.31. The molecule has 3 rings (SSSR count). The molecule has 1 saturated heterocycles. The quantitative estimate of drug-likeness (QED) is 0.928. The largest absolute Gasteiger partial charge is 0.481 e. The number of amides is 1. The van der Waals surface area contributed by atoms with Crippen molar-refractivity contribution in [3.8, 4) is 0 Å². The molecule has 0 aliphatic carbocycles. The average Bonchev–Trinajstić information content (AvgIpc) is 2.67. The van der Waals surface area contributed by atoms with Crippen molar-refractivity contribution in [2.45, 2.75) is 12.8 Å². The number of nitrogens with zero attached hydrogens (tertiary/aromatic N) is 2. The van der Waals surface area contributed by atoms with E-state index >= 15 is 0 Å². The smallest absolute Gasteiger partial charge is 0.306 e. The fourth-order valence-electron chi connectivity index (χ4n) is 3.24. The van der Waals surface area contributed by atoms with Gasteiger partial charge in [-0.05, 0) is 37.1 Å². The first-order chi connectivity index (χ1) is 12.1. The van der Waals surface area contributed by atoms with Crippen LogP contribution in [-0.4, -0.2) is 42.0 Å². The molecule has 1 amide bonds. The number of carboxylic acids is 1. The number of para-hydroxylation sites is 2. The SMILES string of the molecule is CN(c1ccccc1)c1ccccc1C(=O)N1CCC(C(=O)O)CC1. The van der Waals surface area contributed by atoms with E-state index in [-0.39, 0.29) is 11.8 Å². The number of rotatable bonds is 4. The van der Waals surface area contributed by atoms with Crippen LogP contribution < -0.4 is 4.90 Å². The molecule has 5 heteroatoms. The Morgan fingerprint density at radius 2 is 1.60 bits per heavy atom. The van der Waals surface area contributed by atoms with E-state index in [0.717, 1.165) is 11.4 Å². The Bertz CT molecular complexity index is 753. The van der Waals surface area contributed by atoms with Gasteiger partial charge in [0.05, 0.1) is 17.2 Å². The summed E-state index contributed by atoms with van der Waals surface area (Å²) in [5.41, 5.74) is 2.49. The highest BCUT2D eigenvalue weighted by atomic mass is 16.4. The van der Waals surface area contributed by atoms with Crippen LogP contribution in [0.1, 0.15) is 23.2 Å². The summed E-state index contributed by atoms with van der Waals surface area (Å²) >= 11 is 0. The molecule has 0 bridgehead atoms. The van der Waals surface area contributed by atoms with E-state index in [1.54, 1.807) is 4.90 Å². The van der Waals surface area contributed by atoms with E-state index in [9.17, 15) is 9.59 Å². The van der Waals surface area contributed by atoms with Crippen molar-refractivity contribution in [1.29, 1.82) is 0 Å².